The van der Waals surface area contributed by atoms with Crippen molar-refractivity contribution in [3.63, 3.8) is 0 Å². The SMILES string of the molecule is Cc1c(C(=O)NC=O)cc2ccc3c(c2c1-c1ccc(O)cc1)OCO3. The molecule has 0 saturated heterocycles. The molecule has 3 aromatic carbocycles. The van der Waals surface area contributed by atoms with Crippen LogP contribution in [-0.4, -0.2) is 24.2 Å². The van der Waals surface area contributed by atoms with E-state index in [-0.39, 0.29) is 12.5 Å². The molecule has 0 spiro atoms. The third-order valence-electron chi connectivity index (χ3n) is 4.49. The minimum absolute atomic E-state index is 0.135. The summed E-state index contributed by atoms with van der Waals surface area (Å²) in [6.45, 7) is 1.95. The molecule has 6 nitrogen and oxygen atoms in total. The summed E-state index contributed by atoms with van der Waals surface area (Å²) < 4.78 is 11.2. The maximum Gasteiger partial charge on any atom is 0.257 e. The van der Waals surface area contributed by atoms with Gasteiger partial charge in [0.1, 0.15) is 5.75 Å². The van der Waals surface area contributed by atoms with Gasteiger partial charge in [0, 0.05) is 10.9 Å². The molecule has 3 aromatic rings. The zero-order valence-electron chi connectivity index (χ0n) is 13.9. The summed E-state index contributed by atoms with van der Waals surface area (Å²) in [6.07, 6.45) is 0.367. The van der Waals surface area contributed by atoms with Crippen LogP contribution in [0.2, 0.25) is 0 Å². The molecule has 1 aliphatic rings. The number of imide groups is 1. The lowest BCUT2D eigenvalue weighted by molar-refractivity contribution is -0.108. The molecule has 0 saturated carbocycles. The Kier molecular flexibility index (Phi) is 3.73. The molecule has 0 aromatic heterocycles. The van der Waals surface area contributed by atoms with Gasteiger partial charge in [-0.15, -0.1) is 0 Å². The fourth-order valence-corrected chi connectivity index (χ4v) is 3.31. The van der Waals surface area contributed by atoms with E-state index >= 15 is 0 Å². The van der Waals surface area contributed by atoms with Crippen molar-refractivity contribution in [2.24, 2.45) is 0 Å². The second kappa shape index (κ2) is 6.07. The van der Waals surface area contributed by atoms with E-state index in [9.17, 15) is 14.7 Å². The van der Waals surface area contributed by atoms with Gasteiger partial charge < -0.3 is 14.6 Å². The van der Waals surface area contributed by atoms with Crippen LogP contribution in [0, 0.1) is 6.92 Å². The molecule has 0 fully saturated rings. The van der Waals surface area contributed by atoms with Crippen LogP contribution in [0.4, 0.5) is 0 Å². The number of phenols is 1. The number of benzene rings is 3. The summed E-state index contributed by atoms with van der Waals surface area (Å²) in [5.41, 5.74) is 2.70. The summed E-state index contributed by atoms with van der Waals surface area (Å²) in [7, 11) is 0. The van der Waals surface area contributed by atoms with Gasteiger partial charge in [-0.1, -0.05) is 18.2 Å². The number of rotatable bonds is 3. The van der Waals surface area contributed by atoms with Gasteiger partial charge in [0.15, 0.2) is 11.5 Å². The fraction of sp³-hybridized carbons (Fsp3) is 0.100. The van der Waals surface area contributed by atoms with Gasteiger partial charge in [-0.2, -0.15) is 0 Å². The van der Waals surface area contributed by atoms with Crippen LogP contribution in [0.15, 0.2) is 42.5 Å². The smallest absolute Gasteiger partial charge is 0.257 e. The van der Waals surface area contributed by atoms with Crippen LogP contribution in [0.25, 0.3) is 21.9 Å². The number of ether oxygens (including phenoxy) is 2. The Hall–Kier alpha value is -3.54. The monoisotopic (exact) mass is 349 g/mol. The highest BCUT2D eigenvalue weighted by Crippen LogP contribution is 2.46. The molecule has 2 amide bonds. The third-order valence-corrected chi connectivity index (χ3v) is 4.49. The van der Waals surface area contributed by atoms with Gasteiger partial charge in [-0.3, -0.25) is 14.9 Å². The van der Waals surface area contributed by atoms with Crippen molar-refractivity contribution in [2.75, 3.05) is 6.79 Å². The first-order valence-electron chi connectivity index (χ1n) is 8.00. The van der Waals surface area contributed by atoms with Crippen molar-refractivity contribution in [1.82, 2.24) is 5.32 Å². The zero-order valence-corrected chi connectivity index (χ0v) is 13.9. The Morgan fingerprint density at radius 3 is 2.65 bits per heavy atom. The van der Waals surface area contributed by atoms with E-state index < -0.39 is 5.91 Å². The maximum atomic E-state index is 12.3. The van der Waals surface area contributed by atoms with E-state index in [1.807, 2.05) is 13.0 Å². The van der Waals surface area contributed by atoms with Crippen LogP contribution in [0.1, 0.15) is 15.9 Å². The molecule has 0 atom stereocenters. The molecule has 0 aliphatic carbocycles. The van der Waals surface area contributed by atoms with Gasteiger partial charge in [0.05, 0.1) is 0 Å². The summed E-state index contributed by atoms with van der Waals surface area (Å²) in [4.78, 5) is 23.1. The second-order valence-electron chi connectivity index (χ2n) is 5.96. The molecular weight excluding hydrogens is 334 g/mol. The Morgan fingerprint density at radius 1 is 1.15 bits per heavy atom. The Balaban J connectivity index is 2.09. The highest BCUT2D eigenvalue weighted by atomic mass is 16.7. The van der Waals surface area contributed by atoms with Gasteiger partial charge in [-0.25, -0.2) is 0 Å². The Labute approximate surface area is 149 Å². The van der Waals surface area contributed by atoms with E-state index in [1.165, 1.54) is 0 Å². The van der Waals surface area contributed by atoms with E-state index in [2.05, 4.69) is 5.32 Å². The summed E-state index contributed by atoms with van der Waals surface area (Å²) in [5, 5.41) is 13.4. The molecule has 0 radical (unpaired) electrons. The molecule has 1 heterocycles. The van der Waals surface area contributed by atoms with E-state index in [1.54, 1.807) is 36.4 Å². The summed E-state index contributed by atoms with van der Waals surface area (Å²) in [5.74, 6) is 0.936. The molecular formula is C20H15NO5. The summed E-state index contributed by atoms with van der Waals surface area (Å²) >= 11 is 0. The predicted molar refractivity (Wildman–Crippen MR) is 95.4 cm³/mol. The molecule has 4 rings (SSSR count). The molecule has 26 heavy (non-hydrogen) atoms. The third kappa shape index (κ3) is 2.43. The predicted octanol–water partition coefficient (Wildman–Crippen LogP) is 3.14. The number of carbonyl (C=O) groups excluding carboxylic acids is 2. The lowest BCUT2D eigenvalue weighted by Gasteiger charge is -2.16. The van der Waals surface area contributed by atoms with Crippen LogP contribution >= 0.6 is 0 Å². The summed E-state index contributed by atoms with van der Waals surface area (Å²) in [6, 6.07) is 12.1. The Morgan fingerprint density at radius 2 is 1.92 bits per heavy atom. The fourth-order valence-electron chi connectivity index (χ4n) is 3.31. The number of aromatic hydroxyl groups is 1. The quantitative estimate of drug-likeness (QED) is 0.710. The first-order valence-corrected chi connectivity index (χ1v) is 8.00. The zero-order chi connectivity index (χ0) is 18.3. The normalized spacial score (nSPS) is 12.2. The van der Waals surface area contributed by atoms with E-state index in [4.69, 9.17) is 9.47 Å². The minimum atomic E-state index is -0.475. The largest absolute Gasteiger partial charge is 0.508 e. The second-order valence-corrected chi connectivity index (χ2v) is 5.96. The van der Waals surface area contributed by atoms with E-state index in [0.717, 1.165) is 21.9 Å². The molecule has 130 valence electrons. The molecule has 1 aliphatic heterocycles. The number of nitrogens with one attached hydrogen (secondary N) is 1. The van der Waals surface area contributed by atoms with Crippen molar-refractivity contribution in [1.29, 1.82) is 0 Å². The van der Waals surface area contributed by atoms with Crippen molar-refractivity contribution >= 4 is 23.1 Å². The van der Waals surface area contributed by atoms with Crippen LogP contribution in [0.3, 0.4) is 0 Å². The van der Waals surface area contributed by atoms with Crippen molar-refractivity contribution in [2.45, 2.75) is 6.92 Å². The maximum absolute atomic E-state index is 12.3. The van der Waals surface area contributed by atoms with Gasteiger partial charge >= 0.3 is 0 Å². The standard InChI is InChI=1S/C20H15NO5/c1-11-15(20(24)21-9-22)8-13-4-7-16-19(26-10-25-16)18(13)17(11)12-2-5-14(23)6-3-12/h2-9,23H,10H2,1H3,(H,21,22,24). The number of hydrogen-bond acceptors (Lipinski definition) is 5. The van der Waals surface area contributed by atoms with Crippen molar-refractivity contribution in [3.8, 4) is 28.4 Å². The number of hydrogen-bond donors (Lipinski definition) is 2. The number of amides is 2. The minimum Gasteiger partial charge on any atom is -0.508 e. The lowest BCUT2D eigenvalue weighted by Crippen LogP contribution is -2.22. The van der Waals surface area contributed by atoms with Crippen LogP contribution < -0.4 is 14.8 Å². The number of phenolic OH excluding ortho intramolecular Hbond substituents is 1. The number of fused-ring (bicyclic) bond motifs is 3. The van der Waals surface area contributed by atoms with Crippen molar-refractivity contribution in [3.05, 3.63) is 53.6 Å². The molecule has 2 N–H and O–H groups in total. The van der Waals surface area contributed by atoms with Gasteiger partial charge in [0.2, 0.25) is 13.2 Å². The first kappa shape index (κ1) is 16.0. The van der Waals surface area contributed by atoms with Crippen molar-refractivity contribution < 1.29 is 24.2 Å². The first-order chi connectivity index (χ1) is 12.6. The highest BCUT2D eigenvalue weighted by Gasteiger charge is 2.24. The van der Waals surface area contributed by atoms with Gasteiger partial charge in [-0.05, 0) is 53.3 Å². The Bertz CT molecular complexity index is 1040. The van der Waals surface area contributed by atoms with Crippen LogP contribution in [0.5, 0.6) is 17.2 Å². The van der Waals surface area contributed by atoms with Gasteiger partial charge in [0.25, 0.3) is 5.91 Å². The average Bonchev–Trinajstić information content (AvgIpc) is 3.11. The molecule has 6 heteroatoms. The van der Waals surface area contributed by atoms with Crippen LogP contribution in [-0.2, 0) is 4.79 Å². The topological polar surface area (TPSA) is 84.9 Å². The van der Waals surface area contributed by atoms with E-state index in [0.29, 0.717) is 29.0 Å². The molecule has 0 bridgehead atoms. The molecule has 0 unspecified atom stereocenters. The highest BCUT2D eigenvalue weighted by molar-refractivity contribution is 6.11. The lowest BCUT2D eigenvalue weighted by atomic mass is 9.89. The number of carbonyl (C=O) groups is 2. The average molecular weight is 349 g/mol.